The van der Waals surface area contributed by atoms with Crippen LogP contribution in [0.15, 0.2) is 0 Å². The predicted molar refractivity (Wildman–Crippen MR) is 461 cm³/mol. The summed E-state index contributed by atoms with van der Waals surface area (Å²) in [5.41, 5.74) is 3.17. The van der Waals surface area contributed by atoms with E-state index in [0.29, 0.717) is 63.3 Å². The van der Waals surface area contributed by atoms with Crippen LogP contribution in [-0.2, 0) is 33.2 Å². The quantitative estimate of drug-likeness (QED) is 0.0610. The molecule has 6 atom stereocenters. The minimum atomic E-state index is -0.0651. The molecule has 628 valence electrons. The summed E-state index contributed by atoms with van der Waals surface area (Å²) in [6.45, 7) is 124. The second kappa shape index (κ2) is 40.1. The van der Waals surface area contributed by atoms with Gasteiger partial charge in [0.15, 0.2) is 0 Å². The van der Waals surface area contributed by atoms with Crippen LogP contribution in [0.25, 0.3) is 0 Å². The van der Waals surface area contributed by atoms with Crippen LogP contribution in [0, 0.1) is 138 Å². The normalized spacial score (nSPS) is 16.8. The third-order valence-corrected chi connectivity index (χ3v) is 21.1. The van der Waals surface area contributed by atoms with E-state index in [1.165, 1.54) is 38.5 Å². The lowest BCUT2D eigenvalue weighted by Gasteiger charge is -2.48. The summed E-state index contributed by atoms with van der Waals surface area (Å²) >= 11 is 0. The van der Waals surface area contributed by atoms with Gasteiger partial charge in [0.2, 0.25) is 0 Å². The van der Waals surface area contributed by atoms with Crippen molar-refractivity contribution in [2.75, 3.05) is 92.5 Å². The summed E-state index contributed by atoms with van der Waals surface area (Å²) in [7, 11) is 0. The number of ether oxygens (including phenoxy) is 7. The molecule has 7 heteroatoms. The molecule has 0 aliphatic rings. The highest BCUT2D eigenvalue weighted by Crippen LogP contribution is 2.53. The first kappa shape index (κ1) is 106. The van der Waals surface area contributed by atoms with Gasteiger partial charge in [-0.1, -0.05) is 332 Å². The molecule has 0 bridgehead atoms. The second-order valence-electron chi connectivity index (χ2n) is 54.0. The van der Waals surface area contributed by atoms with E-state index in [1.807, 2.05) is 0 Å². The Labute approximate surface area is 657 Å². The molecular weight excluding hydrogens is 1280 g/mol. The van der Waals surface area contributed by atoms with Gasteiger partial charge in [-0.2, -0.15) is 0 Å². The lowest BCUT2D eigenvalue weighted by Crippen LogP contribution is -2.44. The molecule has 0 saturated carbocycles. The molecule has 104 heavy (non-hydrogen) atoms. The summed E-state index contributed by atoms with van der Waals surface area (Å²) in [5.74, 6) is 2.23. The Morgan fingerprint density at radius 3 is 0.394 bits per heavy atom. The molecule has 0 saturated heterocycles. The standard InChI is InChI=1S/C50H102O5.C47H96O2/c1-43(2,3)25-37(45(7,8)9)27-51-29-39(47(13,14)15)31-53-33-41(49(19,20)21)35-55-36-42(50(22,23)24)34-54-32-40(48(16,17)18)30-52-28-38(46(10,11)12)26-44(4,5)6;1-37(2,3)25-45(26-38(4,5)6,27-39(7,8)9)33-48-35-47(31-43(19,20)21,32-44(22,23)24)36-49-34-46(28-40(10,11)12,29-41(13,14)15)30-42(16,17)18/h37-42H,25-36H2,1-24H3;25-36H2,1-24H3. The Morgan fingerprint density at radius 2 is 0.269 bits per heavy atom. The number of rotatable bonds is 38. The van der Waals surface area contributed by atoms with Gasteiger partial charge in [-0.25, -0.2) is 0 Å². The van der Waals surface area contributed by atoms with Crippen molar-refractivity contribution < 1.29 is 33.2 Å². The second-order valence-corrected chi connectivity index (χ2v) is 54.0. The van der Waals surface area contributed by atoms with Crippen molar-refractivity contribution in [3.8, 4) is 0 Å². The van der Waals surface area contributed by atoms with Crippen LogP contribution in [-0.4, -0.2) is 92.5 Å². The molecule has 0 fully saturated rings. The smallest absolute Gasteiger partial charge is 0.0545 e. The van der Waals surface area contributed by atoms with Crippen LogP contribution in [0.5, 0.6) is 0 Å². The van der Waals surface area contributed by atoms with Crippen molar-refractivity contribution in [2.45, 2.75) is 397 Å². The van der Waals surface area contributed by atoms with E-state index in [-0.39, 0.29) is 115 Å². The van der Waals surface area contributed by atoms with Gasteiger partial charge in [-0.05, 0) is 174 Å². The molecule has 0 aromatic rings. The first-order valence-corrected chi connectivity index (χ1v) is 42.5. The number of hydrogen-bond donors (Lipinski definition) is 0. The molecule has 0 aromatic carbocycles. The van der Waals surface area contributed by atoms with Crippen LogP contribution in [0.2, 0.25) is 0 Å². The zero-order chi connectivity index (χ0) is 82.9. The highest BCUT2D eigenvalue weighted by atomic mass is 16.5. The van der Waals surface area contributed by atoms with Crippen molar-refractivity contribution in [1.29, 1.82) is 0 Å². The van der Waals surface area contributed by atoms with E-state index < -0.39 is 0 Å². The monoisotopic (exact) mass is 1480 g/mol. The maximum absolute atomic E-state index is 7.24. The Bertz CT molecular complexity index is 2030. The minimum Gasteiger partial charge on any atom is -0.381 e. The zero-order valence-electron chi connectivity index (χ0n) is 80.8. The third kappa shape index (κ3) is 52.9. The highest BCUT2D eigenvalue weighted by Gasteiger charge is 2.47. The Morgan fingerprint density at radius 1 is 0.144 bits per heavy atom. The average molecular weight is 1480 g/mol. The van der Waals surface area contributed by atoms with Gasteiger partial charge >= 0.3 is 0 Å². The van der Waals surface area contributed by atoms with Crippen LogP contribution in [0.4, 0.5) is 0 Å². The molecule has 0 amide bonds. The maximum Gasteiger partial charge on any atom is 0.0545 e. The van der Waals surface area contributed by atoms with Gasteiger partial charge < -0.3 is 33.2 Å². The first-order chi connectivity index (χ1) is 45.4. The van der Waals surface area contributed by atoms with E-state index in [0.717, 1.165) is 78.5 Å². The Hall–Kier alpha value is -0.280. The van der Waals surface area contributed by atoms with Crippen molar-refractivity contribution in [1.82, 2.24) is 0 Å². The fourth-order valence-corrected chi connectivity index (χ4v) is 17.6. The average Bonchev–Trinajstić information content (AvgIpc) is 0.797. The van der Waals surface area contributed by atoms with Crippen molar-refractivity contribution >= 4 is 0 Å². The Balaban J connectivity index is 0. The first-order valence-electron chi connectivity index (χ1n) is 42.5. The zero-order valence-corrected chi connectivity index (χ0v) is 80.8. The number of hydrogen-bond acceptors (Lipinski definition) is 7. The fraction of sp³-hybridized carbons (Fsp3) is 1.00. The van der Waals surface area contributed by atoms with Gasteiger partial charge in [0.25, 0.3) is 0 Å². The molecule has 0 rings (SSSR count). The molecule has 0 radical (unpaired) electrons. The van der Waals surface area contributed by atoms with Gasteiger partial charge in [0.1, 0.15) is 0 Å². The van der Waals surface area contributed by atoms with Gasteiger partial charge in [0, 0.05) is 42.3 Å². The molecular formula is C97H198O7. The Kier molecular flexibility index (Phi) is 40.8. The molecule has 0 heterocycles. The van der Waals surface area contributed by atoms with Crippen LogP contribution in [0.3, 0.4) is 0 Å². The molecule has 0 spiro atoms. The third-order valence-electron chi connectivity index (χ3n) is 21.1. The van der Waals surface area contributed by atoms with Crippen molar-refractivity contribution in [3.63, 3.8) is 0 Å². The van der Waals surface area contributed by atoms with E-state index in [2.05, 4.69) is 332 Å². The minimum absolute atomic E-state index is 0.0627. The summed E-state index contributed by atoms with van der Waals surface area (Å²) in [5, 5.41) is 0. The summed E-state index contributed by atoms with van der Waals surface area (Å²) in [4.78, 5) is 0. The molecule has 0 aliphatic heterocycles. The van der Waals surface area contributed by atoms with Gasteiger partial charge in [-0.3, -0.25) is 0 Å². The van der Waals surface area contributed by atoms with E-state index >= 15 is 0 Å². The van der Waals surface area contributed by atoms with Gasteiger partial charge in [0.05, 0.1) is 79.3 Å². The molecule has 0 N–H and O–H groups in total. The molecule has 7 nitrogen and oxygen atoms in total. The van der Waals surface area contributed by atoms with Crippen LogP contribution >= 0.6 is 0 Å². The lowest BCUT2D eigenvalue weighted by molar-refractivity contribution is -0.112. The van der Waals surface area contributed by atoms with Crippen LogP contribution < -0.4 is 0 Å². The van der Waals surface area contributed by atoms with Gasteiger partial charge in [-0.15, -0.1) is 0 Å². The van der Waals surface area contributed by atoms with E-state index in [9.17, 15) is 0 Å². The molecule has 6 unspecified atom stereocenters. The largest absolute Gasteiger partial charge is 0.381 e. The van der Waals surface area contributed by atoms with Crippen molar-refractivity contribution in [3.05, 3.63) is 0 Å². The highest BCUT2D eigenvalue weighted by molar-refractivity contribution is 4.96. The van der Waals surface area contributed by atoms with E-state index in [4.69, 9.17) is 33.2 Å². The topological polar surface area (TPSA) is 64.6 Å². The summed E-state index contributed by atoms with van der Waals surface area (Å²) in [6, 6.07) is 0. The lowest BCUT2D eigenvalue weighted by atomic mass is 9.61. The van der Waals surface area contributed by atoms with Crippen LogP contribution in [0.1, 0.15) is 397 Å². The molecule has 0 aromatic heterocycles. The summed E-state index contributed by atoms with van der Waals surface area (Å²) < 4.78 is 47.2. The van der Waals surface area contributed by atoms with Crippen molar-refractivity contribution in [2.24, 2.45) is 138 Å². The predicted octanol–water partition coefficient (Wildman–Crippen LogP) is 29.4. The summed E-state index contributed by atoms with van der Waals surface area (Å²) in [6.07, 6.45) is 11.5. The molecule has 0 aliphatic carbocycles. The van der Waals surface area contributed by atoms with E-state index in [1.54, 1.807) is 0 Å². The SMILES string of the molecule is CC(C)(C)CC(COCC(CC(C)(C)C)(CC(C)(C)C)CC(C)(C)C)(COCC(CC(C)(C)C)(CC(C)(C)C)CC(C)(C)C)CC(C)(C)C.CC(C)(C)CC(COCC(COCC(COCC(COCC(COCC(CC(C)(C)C)C(C)(C)C)C(C)(C)C)C(C)(C)C)C(C)(C)C)C(C)(C)C)C(C)(C)C. The fourth-order valence-electron chi connectivity index (χ4n) is 17.6. The maximum atomic E-state index is 7.24.